The third kappa shape index (κ3) is 4.64. The van der Waals surface area contributed by atoms with Gasteiger partial charge in [0.2, 0.25) is 0 Å². The van der Waals surface area contributed by atoms with E-state index >= 15 is 0 Å². The molecule has 1 fully saturated rings. The Kier molecular flexibility index (Phi) is 6.10. The second kappa shape index (κ2) is 9.30. The van der Waals surface area contributed by atoms with Gasteiger partial charge in [-0.25, -0.2) is 4.98 Å². The summed E-state index contributed by atoms with van der Waals surface area (Å²) in [4.78, 5) is 22.0. The molecule has 2 aliphatic heterocycles. The molecule has 7 heteroatoms. The van der Waals surface area contributed by atoms with Crippen molar-refractivity contribution < 1.29 is 14.3 Å². The Bertz CT molecular complexity index is 1110. The number of hydrogen-bond donors (Lipinski definition) is 0. The van der Waals surface area contributed by atoms with Crippen LogP contribution in [0, 0.1) is 6.92 Å². The lowest BCUT2D eigenvalue weighted by molar-refractivity contribution is 0.0624. The molecule has 6 nitrogen and oxygen atoms in total. The molecular formula is C25H27N3O3S. The predicted octanol–water partition coefficient (Wildman–Crippen LogP) is 3.92. The lowest BCUT2D eigenvalue weighted by Crippen LogP contribution is -2.48. The second-order valence-corrected chi connectivity index (χ2v) is 9.31. The zero-order chi connectivity index (χ0) is 21.9. The number of thiazole rings is 1. The first kappa shape index (κ1) is 21.0. The normalized spacial score (nSPS) is 16.0. The molecule has 1 amide bonds. The van der Waals surface area contributed by atoms with Crippen LogP contribution < -0.4 is 9.47 Å². The third-order valence-corrected chi connectivity index (χ3v) is 6.80. The van der Waals surface area contributed by atoms with E-state index in [4.69, 9.17) is 9.47 Å². The van der Waals surface area contributed by atoms with Crippen LogP contribution in [-0.2, 0) is 19.6 Å². The van der Waals surface area contributed by atoms with Crippen LogP contribution in [0.15, 0.2) is 47.8 Å². The highest BCUT2D eigenvalue weighted by Gasteiger charge is 2.24. The molecule has 32 heavy (non-hydrogen) atoms. The fraction of sp³-hybridized carbons (Fsp3) is 0.360. The van der Waals surface area contributed by atoms with E-state index in [0.717, 1.165) is 49.1 Å². The lowest BCUT2D eigenvalue weighted by atomic mass is 10.1. The maximum absolute atomic E-state index is 13.2. The number of amides is 1. The van der Waals surface area contributed by atoms with Crippen molar-refractivity contribution in [3.05, 3.63) is 75.2 Å². The van der Waals surface area contributed by atoms with Gasteiger partial charge in [0, 0.05) is 44.5 Å². The van der Waals surface area contributed by atoms with Gasteiger partial charge in [0.05, 0.1) is 22.9 Å². The second-order valence-electron chi connectivity index (χ2n) is 8.25. The average Bonchev–Trinajstić information content (AvgIpc) is 3.46. The van der Waals surface area contributed by atoms with Gasteiger partial charge in [-0.05, 0) is 36.2 Å². The maximum atomic E-state index is 13.2. The van der Waals surface area contributed by atoms with E-state index < -0.39 is 0 Å². The molecule has 0 N–H and O–H groups in total. The first-order chi connectivity index (χ1) is 15.7. The molecule has 0 bridgehead atoms. The van der Waals surface area contributed by atoms with Gasteiger partial charge < -0.3 is 14.4 Å². The van der Waals surface area contributed by atoms with Crippen LogP contribution in [0.5, 0.6) is 11.5 Å². The zero-order valence-electron chi connectivity index (χ0n) is 18.3. The minimum absolute atomic E-state index is 0.0318. The molecule has 1 saturated heterocycles. The topological polar surface area (TPSA) is 54.9 Å². The molecule has 0 radical (unpaired) electrons. The van der Waals surface area contributed by atoms with Crippen LogP contribution in [-0.4, -0.2) is 53.5 Å². The lowest BCUT2D eigenvalue weighted by Gasteiger charge is -2.35. The van der Waals surface area contributed by atoms with Crippen LogP contribution in [0.1, 0.15) is 32.2 Å². The summed E-state index contributed by atoms with van der Waals surface area (Å²) < 4.78 is 11.6. The van der Waals surface area contributed by atoms with E-state index in [0.29, 0.717) is 31.0 Å². The quantitative estimate of drug-likeness (QED) is 0.571. The molecule has 0 spiro atoms. The highest BCUT2D eigenvalue weighted by molar-refractivity contribution is 7.09. The number of carbonyl (C=O) groups is 1. The summed E-state index contributed by atoms with van der Waals surface area (Å²) in [5, 5.41) is 3.01. The van der Waals surface area contributed by atoms with Gasteiger partial charge >= 0.3 is 0 Å². The van der Waals surface area contributed by atoms with E-state index in [1.807, 2.05) is 41.5 Å². The SMILES string of the molecule is Cc1nc(COc2ccccc2C(=O)N2CCN(Cc3ccc4c(c3)CCO4)CC2)cs1. The van der Waals surface area contributed by atoms with E-state index in [1.165, 1.54) is 11.1 Å². The molecular weight excluding hydrogens is 422 g/mol. The largest absolute Gasteiger partial charge is 0.493 e. The molecule has 5 rings (SSSR count). The van der Waals surface area contributed by atoms with Crippen LogP contribution in [0.25, 0.3) is 0 Å². The highest BCUT2D eigenvalue weighted by Crippen LogP contribution is 2.27. The first-order valence-electron chi connectivity index (χ1n) is 11.0. The van der Waals surface area contributed by atoms with Crippen molar-refractivity contribution in [2.24, 2.45) is 0 Å². The molecule has 3 heterocycles. The van der Waals surface area contributed by atoms with Gasteiger partial charge in [0.1, 0.15) is 18.1 Å². The fourth-order valence-electron chi connectivity index (χ4n) is 4.27. The Morgan fingerprint density at radius 1 is 1.16 bits per heavy atom. The Hall–Kier alpha value is -2.90. The van der Waals surface area contributed by atoms with Crippen molar-refractivity contribution in [1.29, 1.82) is 0 Å². The summed E-state index contributed by atoms with van der Waals surface area (Å²) >= 11 is 1.60. The van der Waals surface area contributed by atoms with Gasteiger partial charge in [-0.2, -0.15) is 0 Å². The number of aromatic nitrogens is 1. The van der Waals surface area contributed by atoms with Crippen LogP contribution in [0.4, 0.5) is 0 Å². The molecule has 2 aromatic carbocycles. The smallest absolute Gasteiger partial charge is 0.257 e. The molecule has 3 aromatic rings. The Labute approximate surface area is 192 Å². The molecule has 1 aromatic heterocycles. The van der Waals surface area contributed by atoms with Gasteiger partial charge in [0.25, 0.3) is 5.91 Å². The van der Waals surface area contributed by atoms with E-state index in [1.54, 1.807) is 11.3 Å². The van der Waals surface area contributed by atoms with Crippen molar-refractivity contribution >= 4 is 17.2 Å². The Balaban J connectivity index is 1.18. The number of ether oxygens (including phenoxy) is 2. The molecule has 0 saturated carbocycles. The van der Waals surface area contributed by atoms with Crippen molar-refractivity contribution in [2.75, 3.05) is 32.8 Å². The van der Waals surface area contributed by atoms with Crippen molar-refractivity contribution in [2.45, 2.75) is 26.5 Å². The number of para-hydroxylation sites is 1. The summed E-state index contributed by atoms with van der Waals surface area (Å²) in [7, 11) is 0. The van der Waals surface area contributed by atoms with Gasteiger partial charge in [0.15, 0.2) is 0 Å². The van der Waals surface area contributed by atoms with Gasteiger partial charge in [-0.3, -0.25) is 9.69 Å². The summed E-state index contributed by atoms with van der Waals surface area (Å²) in [6.45, 7) is 7.19. The number of benzene rings is 2. The minimum Gasteiger partial charge on any atom is -0.493 e. The molecule has 0 unspecified atom stereocenters. The highest BCUT2D eigenvalue weighted by atomic mass is 32.1. The molecule has 0 aliphatic carbocycles. The zero-order valence-corrected chi connectivity index (χ0v) is 19.1. The van der Waals surface area contributed by atoms with E-state index in [9.17, 15) is 4.79 Å². The van der Waals surface area contributed by atoms with E-state index in [2.05, 4.69) is 28.1 Å². The molecule has 2 aliphatic rings. The van der Waals surface area contributed by atoms with Gasteiger partial charge in [-0.15, -0.1) is 11.3 Å². The standard InChI is InChI=1S/C25H27N3O3S/c1-18-26-21(17-32-18)16-31-24-5-3-2-4-22(24)25(29)28-11-9-27(10-12-28)15-19-6-7-23-20(14-19)8-13-30-23/h2-7,14,17H,8-13,15-16H2,1H3. The van der Waals surface area contributed by atoms with Gasteiger partial charge in [-0.1, -0.05) is 24.3 Å². The monoisotopic (exact) mass is 449 g/mol. The maximum Gasteiger partial charge on any atom is 0.257 e. The number of nitrogens with zero attached hydrogens (tertiary/aromatic N) is 3. The summed E-state index contributed by atoms with van der Waals surface area (Å²) in [6.07, 6.45) is 0.995. The number of hydrogen-bond acceptors (Lipinski definition) is 6. The Morgan fingerprint density at radius 2 is 2.00 bits per heavy atom. The summed E-state index contributed by atoms with van der Waals surface area (Å²) in [5.74, 6) is 1.67. The Morgan fingerprint density at radius 3 is 2.81 bits per heavy atom. The van der Waals surface area contributed by atoms with Crippen molar-refractivity contribution in [3.63, 3.8) is 0 Å². The van der Waals surface area contributed by atoms with Crippen molar-refractivity contribution in [3.8, 4) is 11.5 Å². The minimum atomic E-state index is 0.0318. The first-order valence-corrected chi connectivity index (χ1v) is 11.9. The number of rotatable bonds is 6. The summed E-state index contributed by atoms with van der Waals surface area (Å²) in [5.41, 5.74) is 4.12. The predicted molar refractivity (Wildman–Crippen MR) is 124 cm³/mol. The average molecular weight is 450 g/mol. The third-order valence-electron chi connectivity index (χ3n) is 5.98. The summed E-state index contributed by atoms with van der Waals surface area (Å²) in [6, 6.07) is 14.0. The number of carbonyl (C=O) groups excluding carboxylic acids is 1. The number of aryl methyl sites for hydroxylation is 1. The van der Waals surface area contributed by atoms with Crippen LogP contribution >= 0.6 is 11.3 Å². The van der Waals surface area contributed by atoms with Crippen LogP contribution in [0.3, 0.4) is 0 Å². The number of fused-ring (bicyclic) bond motifs is 1. The van der Waals surface area contributed by atoms with E-state index in [-0.39, 0.29) is 5.91 Å². The molecule has 166 valence electrons. The molecule has 0 atom stereocenters. The number of piperazine rings is 1. The fourth-order valence-corrected chi connectivity index (χ4v) is 4.87. The van der Waals surface area contributed by atoms with Crippen molar-refractivity contribution in [1.82, 2.24) is 14.8 Å². The van der Waals surface area contributed by atoms with Crippen LogP contribution in [0.2, 0.25) is 0 Å².